The number of carbonyl (C=O) groups is 1. The van der Waals surface area contributed by atoms with Crippen LogP contribution in [0, 0.1) is 0 Å². The van der Waals surface area contributed by atoms with Crippen LogP contribution in [0.25, 0.3) is 0 Å². The van der Waals surface area contributed by atoms with Gasteiger partial charge in [0.05, 0.1) is 12.6 Å². The number of rotatable bonds is 3. The molecule has 3 N–H and O–H groups in total. The van der Waals surface area contributed by atoms with Crippen molar-refractivity contribution in [3.63, 3.8) is 0 Å². The van der Waals surface area contributed by atoms with E-state index in [1.807, 2.05) is 35.2 Å². The monoisotopic (exact) mass is 249 g/mol. The summed E-state index contributed by atoms with van der Waals surface area (Å²) in [5, 5.41) is 2.89. The topological polar surface area (TPSA) is 67.6 Å². The smallest absolute Gasteiger partial charge is 0.319 e. The summed E-state index contributed by atoms with van der Waals surface area (Å²) in [6.07, 6.45) is 3.09. The van der Waals surface area contributed by atoms with E-state index < -0.39 is 0 Å². The number of hydrogen-bond acceptors (Lipinski definition) is 3. The zero-order chi connectivity index (χ0) is 12.8. The largest absolute Gasteiger partial charge is 0.322 e. The number of anilines is 1. The molecule has 1 unspecified atom stereocenters. The highest BCUT2D eigenvalue weighted by Gasteiger charge is 2.26. The Kier molecular flexibility index (Phi) is 4.55. The van der Waals surface area contributed by atoms with E-state index in [0.717, 1.165) is 31.5 Å². The van der Waals surface area contributed by atoms with Gasteiger partial charge in [-0.2, -0.15) is 0 Å². The van der Waals surface area contributed by atoms with Gasteiger partial charge in [-0.25, -0.2) is 10.7 Å². The zero-order valence-corrected chi connectivity index (χ0v) is 10.3. The lowest BCUT2D eigenvalue weighted by Crippen LogP contribution is -2.48. The average molecular weight is 249 g/mol. The number of nitrogens with zero attached hydrogens (tertiary/aromatic N) is 1. The van der Waals surface area contributed by atoms with E-state index in [1.54, 1.807) is 0 Å². The lowest BCUT2D eigenvalue weighted by Gasteiger charge is -2.35. The summed E-state index contributed by atoms with van der Waals surface area (Å²) in [4.78, 5) is 18.7. The number of para-hydroxylation sites is 1. The Hall–Kier alpha value is -1.59. The molecule has 2 rings (SSSR count). The van der Waals surface area contributed by atoms with E-state index in [9.17, 15) is 4.79 Å². The highest BCUT2D eigenvalue weighted by molar-refractivity contribution is 5.89. The summed E-state index contributed by atoms with van der Waals surface area (Å²) in [6.45, 7) is 1.15. The van der Waals surface area contributed by atoms with Crippen LogP contribution in [-0.4, -0.2) is 30.1 Å². The summed E-state index contributed by atoms with van der Waals surface area (Å²) in [5.41, 5.74) is 0.806. The molecule has 0 aliphatic carbocycles. The van der Waals surface area contributed by atoms with Crippen LogP contribution in [-0.2, 0) is 4.84 Å². The summed E-state index contributed by atoms with van der Waals surface area (Å²) < 4.78 is 0. The van der Waals surface area contributed by atoms with Crippen LogP contribution in [0.15, 0.2) is 30.3 Å². The van der Waals surface area contributed by atoms with Crippen molar-refractivity contribution in [2.24, 2.45) is 5.90 Å². The molecule has 1 aliphatic heterocycles. The SMILES string of the molecule is NOCC1CCCCN1C(=O)Nc1ccccc1. The number of urea groups is 1. The fourth-order valence-corrected chi connectivity index (χ4v) is 2.27. The number of likely N-dealkylation sites (tertiary alicyclic amines) is 1. The molecular formula is C13H19N3O2. The van der Waals surface area contributed by atoms with Gasteiger partial charge < -0.3 is 15.1 Å². The third-order valence-corrected chi connectivity index (χ3v) is 3.20. The average Bonchev–Trinajstić information content (AvgIpc) is 2.41. The van der Waals surface area contributed by atoms with Crippen LogP contribution in [0.4, 0.5) is 10.5 Å². The van der Waals surface area contributed by atoms with E-state index in [4.69, 9.17) is 10.7 Å². The van der Waals surface area contributed by atoms with Crippen molar-refractivity contribution in [3.8, 4) is 0 Å². The molecule has 1 aromatic rings. The van der Waals surface area contributed by atoms with Crippen molar-refractivity contribution in [1.29, 1.82) is 0 Å². The van der Waals surface area contributed by atoms with Crippen molar-refractivity contribution >= 4 is 11.7 Å². The molecule has 0 bridgehead atoms. The molecule has 98 valence electrons. The molecule has 1 aliphatic rings. The Morgan fingerprint density at radius 2 is 2.17 bits per heavy atom. The number of amides is 2. The molecule has 0 spiro atoms. The zero-order valence-electron chi connectivity index (χ0n) is 10.3. The molecule has 5 heteroatoms. The van der Waals surface area contributed by atoms with Gasteiger partial charge in [-0.1, -0.05) is 18.2 Å². The molecular weight excluding hydrogens is 230 g/mol. The second-order valence-electron chi connectivity index (χ2n) is 4.47. The van der Waals surface area contributed by atoms with Gasteiger partial charge in [0.1, 0.15) is 0 Å². The molecule has 1 fully saturated rings. The highest BCUT2D eigenvalue weighted by Crippen LogP contribution is 2.18. The number of nitrogens with one attached hydrogen (secondary N) is 1. The lowest BCUT2D eigenvalue weighted by molar-refractivity contribution is 0.0593. The van der Waals surface area contributed by atoms with Gasteiger partial charge in [-0.05, 0) is 31.4 Å². The molecule has 5 nitrogen and oxygen atoms in total. The van der Waals surface area contributed by atoms with Crippen LogP contribution in [0.2, 0.25) is 0 Å². The second-order valence-corrected chi connectivity index (χ2v) is 4.47. The van der Waals surface area contributed by atoms with Gasteiger partial charge in [0, 0.05) is 12.2 Å². The summed E-state index contributed by atoms with van der Waals surface area (Å²) in [7, 11) is 0. The minimum absolute atomic E-state index is 0.0764. The molecule has 0 aromatic heterocycles. The summed E-state index contributed by atoms with van der Waals surface area (Å²) in [5.74, 6) is 5.12. The molecule has 2 amide bonds. The first kappa shape index (κ1) is 12.9. The Balaban J connectivity index is 1.98. The Morgan fingerprint density at radius 1 is 1.39 bits per heavy atom. The lowest BCUT2D eigenvalue weighted by atomic mass is 10.0. The van der Waals surface area contributed by atoms with Crippen LogP contribution >= 0.6 is 0 Å². The molecule has 0 radical (unpaired) electrons. The maximum atomic E-state index is 12.2. The Labute approximate surface area is 107 Å². The minimum Gasteiger partial charge on any atom is -0.319 e. The van der Waals surface area contributed by atoms with Crippen LogP contribution < -0.4 is 11.2 Å². The van der Waals surface area contributed by atoms with Crippen LogP contribution in [0.3, 0.4) is 0 Å². The van der Waals surface area contributed by atoms with Gasteiger partial charge in [0.25, 0.3) is 0 Å². The van der Waals surface area contributed by atoms with Crippen molar-refractivity contribution in [2.45, 2.75) is 25.3 Å². The molecule has 18 heavy (non-hydrogen) atoms. The number of piperidine rings is 1. The number of nitrogens with two attached hydrogens (primary N) is 1. The van der Waals surface area contributed by atoms with E-state index in [2.05, 4.69) is 5.32 Å². The van der Waals surface area contributed by atoms with Crippen molar-refractivity contribution < 1.29 is 9.63 Å². The summed E-state index contributed by atoms with van der Waals surface area (Å²) >= 11 is 0. The van der Waals surface area contributed by atoms with E-state index >= 15 is 0 Å². The van der Waals surface area contributed by atoms with Crippen LogP contribution in [0.1, 0.15) is 19.3 Å². The molecule has 1 atom stereocenters. The second kappa shape index (κ2) is 6.37. The fraction of sp³-hybridized carbons (Fsp3) is 0.462. The van der Waals surface area contributed by atoms with Crippen molar-refractivity contribution in [1.82, 2.24) is 4.90 Å². The minimum atomic E-state index is -0.0806. The third kappa shape index (κ3) is 3.21. The normalized spacial score (nSPS) is 19.6. The van der Waals surface area contributed by atoms with Crippen molar-refractivity contribution in [3.05, 3.63) is 30.3 Å². The molecule has 1 heterocycles. The van der Waals surface area contributed by atoms with Crippen LogP contribution in [0.5, 0.6) is 0 Å². The Morgan fingerprint density at radius 3 is 2.89 bits per heavy atom. The maximum absolute atomic E-state index is 12.2. The third-order valence-electron chi connectivity index (χ3n) is 3.20. The summed E-state index contributed by atoms with van der Waals surface area (Å²) in [6, 6.07) is 9.45. The predicted molar refractivity (Wildman–Crippen MR) is 69.9 cm³/mol. The van der Waals surface area contributed by atoms with Gasteiger partial charge in [-0.15, -0.1) is 0 Å². The molecule has 1 aromatic carbocycles. The van der Waals surface area contributed by atoms with E-state index in [-0.39, 0.29) is 12.1 Å². The van der Waals surface area contributed by atoms with Gasteiger partial charge in [0.2, 0.25) is 0 Å². The first-order valence-electron chi connectivity index (χ1n) is 6.25. The van der Waals surface area contributed by atoms with Gasteiger partial charge in [0.15, 0.2) is 0 Å². The quantitative estimate of drug-likeness (QED) is 0.805. The number of carbonyl (C=O) groups excluding carboxylic acids is 1. The van der Waals surface area contributed by atoms with E-state index in [0.29, 0.717) is 6.61 Å². The number of hydrogen-bond donors (Lipinski definition) is 2. The molecule has 0 saturated carbocycles. The van der Waals surface area contributed by atoms with Gasteiger partial charge >= 0.3 is 6.03 Å². The predicted octanol–water partition coefficient (Wildman–Crippen LogP) is 1.96. The Bertz CT molecular complexity index is 381. The van der Waals surface area contributed by atoms with Crippen molar-refractivity contribution in [2.75, 3.05) is 18.5 Å². The maximum Gasteiger partial charge on any atom is 0.322 e. The number of benzene rings is 1. The highest BCUT2D eigenvalue weighted by atomic mass is 16.6. The first-order valence-corrected chi connectivity index (χ1v) is 6.25. The van der Waals surface area contributed by atoms with Gasteiger partial charge in [-0.3, -0.25) is 0 Å². The van der Waals surface area contributed by atoms with E-state index in [1.165, 1.54) is 0 Å². The molecule has 1 saturated heterocycles. The standard InChI is InChI=1S/C13H19N3O2/c14-18-10-12-8-4-5-9-16(12)13(17)15-11-6-2-1-3-7-11/h1-3,6-7,12H,4-5,8-10,14H2,(H,15,17). The fourth-order valence-electron chi connectivity index (χ4n) is 2.27. The first-order chi connectivity index (χ1) is 8.81.